The molecule has 152 valence electrons. The van der Waals surface area contributed by atoms with E-state index in [1.165, 1.54) is 23.7 Å². The van der Waals surface area contributed by atoms with Crippen LogP contribution in [0.3, 0.4) is 0 Å². The van der Waals surface area contributed by atoms with Crippen LogP contribution in [0.1, 0.15) is 16.3 Å². The van der Waals surface area contributed by atoms with Crippen molar-refractivity contribution in [3.63, 3.8) is 0 Å². The standard InChI is InChI=1S/C17H12ClF3N4O3S/c18-10-4-11(6-22-5-10)27-8-14(26)25-2-1-12-9(7-25)3-13(29-12)15-23-16(28-24-15)17(19,20)21/h3-6H,1-2,7-8H2. The highest BCUT2D eigenvalue weighted by Gasteiger charge is 2.38. The van der Waals surface area contributed by atoms with Gasteiger partial charge in [-0.25, -0.2) is 0 Å². The van der Waals surface area contributed by atoms with Gasteiger partial charge in [0.2, 0.25) is 5.82 Å². The molecule has 3 aromatic rings. The summed E-state index contributed by atoms with van der Waals surface area (Å²) < 4.78 is 47.6. The van der Waals surface area contributed by atoms with Crippen LogP contribution in [-0.4, -0.2) is 39.1 Å². The van der Waals surface area contributed by atoms with E-state index in [-0.39, 0.29) is 18.3 Å². The quantitative estimate of drug-likeness (QED) is 0.608. The number of nitrogens with zero attached hydrogens (tertiary/aromatic N) is 4. The van der Waals surface area contributed by atoms with E-state index in [1.807, 2.05) is 0 Å². The predicted molar refractivity (Wildman–Crippen MR) is 96.5 cm³/mol. The molecule has 0 saturated heterocycles. The van der Waals surface area contributed by atoms with Gasteiger partial charge >= 0.3 is 12.1 Å². The molecule has 12 heteroatoms. The van der Waals surface area contributed by atoms with Gasteiger partial charge in [0, 0.05) is 30.2 Å². The van der Waals surface area contributed by atoms with Gasteiger partial charge in [0.05, 0.1) is 16.1 Å². The first-order chi connectivity index (χ1) is 13.8. The molecule has 0 atom stereocenters. The van der Waals surface area contributed by atoms with Crippen molar-refractivity contribution in [2.24, 2.45) is 0 Å². The molecule has 4 heterocycles. The molecule has 7 nitrogen and oxygen atoms in total. The van der Waals surface area contributed by atoms with Gasteiger partial charge < -0.3 is 14.2 Å². The van der Waals surface area contributed by atoms with E-state index in [2.05, 4.69) is 19.6 Å². The molecule has 0 fully saturated rings. The fraction of sp³-hybridized carbons (Fsp3) is 0.294. The van der Waals surface area contributed by atoms with Crippen LogP contribution >= 0.6 is 22.9 Å². The zero-order valence-electron chi connectivity index (χ0n) is 14.6. The maximum Gasteiger partial charge on any atom is 0.471 e. The van der Waals surface area contributed by atoms with Gasteiger partial charge in [-0.1, -0.05) is 16.8 Å². The van der Waals surface area contributed by atoms with Gasteiger partial charge in [0.1, 0.15) is 5.75 Å². The Bertz CT molecular complexity index is 1050. The lowest BCUT2D eigenvalue weighted by atomic mass is 10.1. The summed E-state index contributed by atoms with van der Waals surface area (Å²) in [6.45, 7) is 0.628. The number of pyridine rings is 1. The molecular formula is C17H12ClF3N4O3S. The second-order valence-electron chi connectivity index (χ2n) is 6.17. The average molecular weight is 445 g/mol. The fourth-order valence-electron chi connectivity index (χ4n) is 2.80. The summed E-state index contributed by atoms with van der Waals surface area (Å²) in [7, 11) is 0. The lowest BCUT2D eigenvalue weighted by molar-refractivity contribution is -0.159. The third-order valence-electron chi connectivity index (χ3n) is 4.15. The number of carbonyl (C=O) groups excluding carboxylic acids is 1. The van der Waals surface area contributed by atoms with Crippen molar-refractivity contribution in [3.05, 3.63) is 45.9 Å². The molecule has 0 bridgehead atoms. The minimum atomic E-state index is -4.69. The van der Waals surface area contributed by atoms with Crippen LogP contribution in [0.2, 0.25) is 5.02 Å². The Balaban J connectivity index is 1.42. The number of thiophene rings is 1. The van der Waals surface area contributed by atoms with E-state index in [0.717, 1.165) is 10.4 Å². The van der Waals surface area contributed by atoms with Gasteiger partial charge in [-0.15, -0.1) is 11.3 Å². The third-order valence-corrected chi connectivity index (χ3v) is 5.59. The van der Waals surface area contributed by atoms with Crippen LogP contribution in [-0.2, 0) is 23.9 Å². The molecule has 29 heavy (non-hydrogen) atoms. The molecule has 0 N–H and O–H groups in total. The summed E-state index contributed by atoms with van der Waals surface area (Å²) in [5.74, 6) is -1.34. The van der Waals surface area contributed by atoms with Crippen molar-refractivity contribution in [1.29, 1.82) is 0 Å². The van der Waals surface area contributed by atoms with Gasteiger partial charge in [0.25, 0.3) is 5.91 Å². The lowest BCUT2D eigenvalue weighted by Gasteiger charge is -2.26. The van der Waals surface area contributed by atoms with Crippen molar-refractivity contribution in [1.82, 2.24) is 20.0 Å². The highest BCUT2D eigenvalue weighted by atomic mass is 35.5. The number of hydrogen-bond acceptors (Lipinski definition) is 7. The topological polar surface area (TPSA) is 81.4 Å². The van der Waals surface area contributed by atoms with E-state index < -0.39 is 12.1 Å². The maximum absolute atomic E-state index is 12.6. The zero-order chi connectivity index (χ0) is 20.6. The highest BCUT2D eigenvalue weighted by Crippen LogP contribution is 2.35. The Morgan fingerprint density at radius 1 is 1.34 bits per heavy atom. The van der Waals surface area contributed by atoms with Crippen molar-refractivity contribution in [3.8, 4) is 16.5 Å². The first-order valence-electron chi connectivity index (χ1n) is 8.33. The molecule has 0 radical (unpaired) electrons. The normalized spacial score (nSPS) is 14.0. The monoisotopic (exact) mass is 444 g/mol. The molecule has 0 aromatic carbocycles. The van der Waals surface area contributed by atoms with Crippen LogP contribution in [0, 0.1) is 0 Å². The van der Waals surface area contributed by atoms with Crippen LogP contribution in [0.15, 0.2) is 29.0 Å². The van der Waals surface area contributed by atoms with Gasteiger partial charge in [-0.3, -0.25) is 9.78 Å². The largest absolute Gasteiger partial charge is 0.482 e. The number of aromatic nitrogens is 3. The van der Waals surface area contributed by atoms with E-state index in [4.69, 9.17) is 16.3 Å². The number of hydrogen-bond donors (Lipinski definition) is 0. The van der Waals surface area contributed by atoms with E-state index in [9.17, 15) is 18.0 Å². The predicted octanol–water partition coefficient (Wildman–Crippen LogP) is 3.83. The number of carbonyl (C=O) groups is 1. The maximum atomic E-state index is 12.6. The molecule has 0 unspecified atom stereocenters. The molecule has 0 spiro atoms. The Hall–Kier alpha value is -2.66. The third kappa shape index (κ3) is 4.35. The number of ether oxygens (including phenoxy) is 1. The van der Waals surface area contributed by atoms with Gasteiger partial charge in [-0.2, -0.15) is 18.2 Å². The lowest BCUT2D eigenvalue weighted by Crippen LogP contribution is -2.38. The van der Waals surface area contributed by atoms with Crippen molar-refractivity contribution < 1.29 is 27.2 Å². The van der Waals surface area contributed by atoms with E-state index in [0.29, 0.717) is 35.2 Å². The molecule has 1 aliphatic rings. The Morgan fingerprint density at radius 3 is 2.90 bits per heavy atom. The number of halogens is 4. The Kier molecular flexibility index (Phi) is 5.17. The number of rotatable bonds is 4. The first-order valence-corrected chi connectivity index (χ1v) is 9.53. The Labute approximate surface area is 171 Å². The summed E-state index contributed by atoms with van der Waals surface area (Å²) >= 11 is 7.12. The minimum Gasteiger partial charge on any atom is -0.482 e. The molecule has 0 aliphatic carbocycles. The molecule has 3 aromatic heterocycles. The smallest absolute Gasteiger partial charge is 0.471 e. The van der Waals surface area contributed by atoms with Gasteiger partial charge in [-0.05, 0) is 18.1 Å². The fourth-order valence-corrected chi connectivity index (χ4v) is 4.06. The molecule has 1 amide bonds. The summed E-state index contributed by atoms with van der Waals surface area (Å²) in [5, 5.41) is 3.81. The zero-order valence-corrected chi connectivity index (χ0v) is 16.1. The first kappa shape index (κ1) is 19.6. The SMILES string of the molecule is O=C(COc1cncc(Cl)c1)N1CCc2sc(-c3noc(C(F)(F)F)n3)cc2C1. The Morgan fingerprint density at radius 2 is 2.17 bits per heavy atom. The summed E-state index contributed by atoms with van der Waals surface area (Å²) in [5.41, 5.74) is 0.840. The van der Waals surface area contributed by atoms with Crippen LogP contribution in [0.4, 0.5) is 13.2 Å². The number of amides is 1. The van der Waals surface area contributed by atoms with Crippen molar-refractivity contribution in [2.45, 2.75) is 19.1 Å². The molecule has 4 rings (SSSR count). The van der Waals surface area contributed by atoms with Crippen LogP contribution in [0.25, 0.3) is 10.7 Å². The summed E-state index contributed by atoms with van der Waals surface area (Å²) in [6.07, 6.45) is -1.20. The van der Waals surface area contributed by atoms with E-state index >= 15 is 0 Å². The number of alkyl halides is 3. The molecule has 0 saturated carbocycles. The van der Waals surface area contributed by atoms with Gasteiger partial charge in [0.15, 0.2) is 6.61 Å². The van der Waals surface area contributed by atoms with Crippen molar-refractivity contribution in [2.75, 3.05) is 13.2 Å². The second kappa shape index (κ2) is 7.64. The molecule has 1 aliphatic heterocycles. The second-order valence-corrected chi connectivity index (χ2v) is 7.75. The summed E-state index contributed by atoms with van der Waals surface area (Å²) in [6, 6.07) is 3.24. The van der Waals surface area contributed by atoms with Crippen molar-refractivity contribution >= 4 is 28.8 Å². The summed E-state index contributed by atoms with van der Waals surface area (Å²) in [4.78, 5) is 22.8. The van der Waals surface area contributed by atoms with Crippen LogP contribution in [0.5, 0.6) is 5.75 Å². The highest BCUT2D eigenvalue weighted by molar-refractivity contribution is 7.15. The van der Waals surface area contributed by atoms with Crippen LogP contribution < -0.4 is 4.74 Å². The van der Waals surface area contributed by atoms with E-state index in [1.54, 1.807) is 17.0 Å². The number of fused-ring (bicyclic) bond motifs is 1. The average Bonchev–Trinajstić information content (AvgIpc) is 3.32. The molecular weight excluding hydrogens is 433 g/mol. The minimum absolute atomic E-state index is 0.119.